The van der Waals surface area contributed by atoms with Crippen molar-refractivity contribution >= 4 is 6.01 Å². The molecule has 0 fully saturated rings. The summed E-state index contributed by atoms with van der Waals surface area (Å²) < 4.78 is 11.1. The van der Waals surface area contributed by atoms with E-state index in [1.165, 1.54) is 0 Å². The van der Waals surface area contributed by atoms with Gasteiger partial charge in [-0.25, -0.2) is 0 Å². The van der Waals surface area contributed by atoms with Crippen LogP contribution in [0.25, 0.3) is 0 Å². The second-order valence-electron chi connectivity index (χ2n) is 4.40. The topological polar surface area (TPSA) is 72.2 Å². The van der Waals surface area contributed by atoms with E-state index in [0.717, 1.165) is 18.7 Å². The molecule has 6 heteroatoms. The minimum absolute atomic E-state index is 0.0551. The Hall–Kier alpha value is -2.08. The minimum atomic E-state index is 0.0551. The Morgan fingerprint density at radius 3 is 2.80 bits per heavy atom. The van der Waals surface area contributed by atoms with Gasteiger partial charge in [-0.15, -0.1) is 5.10 Å². The molecule has 1 atom stereocenters. The van der Waals surface area contributed by atoms with Crippen molar-refractivity contribution in [3.05, 3.63) is 36.2 Å². The number of ether oxygens (including phenoxy) is 1. The first-order valence-electron chi connectivity index (χ1n) is 6.72. The molecule has 0 saturated heterocycles. The molecule has 20 heavy (non-hydrogen) atoms. The zero-order valence-electron chi connectivity index (χ0n) is 11.8. The van der Waals surface area contributed by atoms with Crippen LogP contribution < -0.4 is 15.4 Å². The van der Waals surface area contributed by atoms with Crippen molar-refractivity contribution in [1.82, 2.24) is 15.5 Å². The molecule has 1 heterocycles. The van der Waals surface area contributed by atoms with Gasteiger partial charge in [0.2, 0.25) is 5.89 Å². The minimum Gasteiger partial charge on any atom is -0.494 e. The lowest BCUT2D eigenvalue weighted by molar-refractivity contribution is 0.314. The second kappa shape index (κ2) is 7.49. The largest absolute Gasteiger partial charge is 0.494 e. The molecule has 0 aliphatic carbocycles. The zero-order valence-corrected chi connectivity index (χ0v) is 11.8. The monoisotopic (exact) mass is 276 g/mol. The fraction of sp³-hybridized carbons (Fsp3) is 0.429. The molecule has 0 saturated carbocycles. The van der Waals surface area contributed by atoms with Gasteiger partial charge in [0, 0.05) is 6.54 Å². The summed E-state index contributed by atoms with van der Waals surface area (Å²) in [5, 5.41) is 14.0. The van der Waals surface area contributed by atoms with Gasteiger partial charge >= 0.3 is 6.01 Å². The first kappa shape index (κ1) is 14.3. The maximum Gasteiger partial charge on any atom is 0.315 e. The number of anilines is 1. The molecule has 0 bridgehead atoms. The molecule has 0 amide bonds. The van der Waals surface area contributed by atoms with Crippen LogP contribution in [0.1, 0.15) is 25.3 Å². The van der Waals surface area contributed by atoms with Crippen molar-refractivity contribution in [3.8, 4) is 5.75 Å². The molecule has 2 N–H and O–H groups in total. The summed E-state index contributed by atoms with van der Waals surface area (Å²) in [6.07, 6.45) is 0.855. The van der Waals surface area contributed by atoms with E-state index in [2.05, 4.69) is 20.8 Å². The average Bonchev–Trinajstić information content (AvgIpc) is 2.96. The highest BCUT2D eigenvalue weighted by Crippen LogP contribution is 2.13. The number of benzene rings is 1. The SMILES string of the molecule is CNC(C)c1nnc(NCCCOc2ccccc2)o1. The molecule has 0 radical (unpaired) electrons. The van der Waals surface area contributed by atoms with Gasteiger partial charge in [0.1, 0.15) is 5.75 Å². The molecule has 1 aromatic heterocycles. The lowest BCUT2D eigenvalue weighted by Crippen LogP contribution is -2.12. The highest BCUT2D eigenvalue weighted by Gasteiger charge is 2.11. The summed E-state index contributed by atoms with van der Waals surface area (Å²) in [7, 11) is 1.85. The van der Waals surface area contributed by atoms with Crippen LogP contribution in [0.3, 0.4) is 0 Å². The molecule has 0 spiro atoms. The summed E-state index contributed by atoms with van der Waals surface area (Å²) in [5.41, 5.74) is 0. The van der Waals surface area contributed by atoms with Crippen LogP contribution in [-0.4, -0.2) is 30.4 Å². The predicted octanol–water partition coefficient (Wildman–Crippen LogP) is 2.23. The second-order valence-corrected chi connectivity index (χ2v) is 4.40. The molecular weight excluding hydrogens is 256 g/mol. The normalized spacial score (nSPS) is 12.1. The first-order chi connectivity index (χ1) is 9.79. The molecule has 2 aromatic rings. The van der Waals surface area contributed by atoms with E-state index in [1.54, 1.807) is 0 Å². The number of nitrogens with one attached hydrogen (secondary N) is 2. The van der Waals surface area contributed by atoms with Crippen molar-refractivity contribution in [2.45, 2.75) is 19.4 Å². The van der Waals surface area contributed by atoms with Gasteiger partial charge < -0.3 is 19.8 Å². The Kier molecular flexibility index (Phi) is 5.37. The predicted molar refractivity (Wildman–Crippen MR) is 76.8 cm³/mol. The van der Waals surface area contributed by atoms with Gasteiger partial charge in [-0.1, -0.05) is 23.3 Å². The van der Waals surface area contributed by atoms with Gasteiger partial charge in [0.05, 0.1) is 12.6 Å². The number of hydrogen-bond acceptors (Lipinski definition) is 6. The third-order valence-electron chi connectivity index (χ3n) is 2.85. The zero-order chi connectivity index (χ0) is 14.2. The van der Waals surface area contributed by atoms with Gasteiger partial charge in [-0.3, -0.25) is 0 Å². The highest BCUT2D eigenvalue weighted by atomic mass is 16.5. The van der Waals surface area contributed by atoms with E-state index in [1.807, 2.05) is 44.3 Å². The van der Waals surface area contributed by atoms with Crippen molar-refractivity contribution in [2.75, 3.05) is 25.5 Å². The molecule has 108 valence electrons. The maximum absolute atomic E-state index is 5.59. The van der Waals surface area contributed by atoms with E-state index in [4.69, 9.17) is 9.15 Å². The van der Waals surface area contributed by atoms with E-state index >= 15 is 0 Å². The van der Waals surface area contributed by atoms with E-state index in [-0.39, 0.29) is 6.04 Å². The molecule has 1 unspecified atom stereocenters. The van der Waals surface area contributed by atoms with Crippen LogP contribution in [0.15, 0.2) is 34.7 Å². The van der Waals surface area contributed by atoms with Crippen LogP contribution in [0.2, 0.25) is 0 Å². The van der Waals surface area contributed by atoms with E-state index in [9.17, 15) is 0 Å². The van der Waals surface area contributed by atoms with Gasteiger partial charge in [0.15, 0.2) is 0 Å². The maximum atomic E-state index is 5.59. The number of rotatable bonds is 8. The number of hydrogen-bond donors (Lipinski definition) is 2. The number of para-hydroxylation sites is 1. The molecule has 1 aromatic carbocycles. The first-order valence-corrected chi connectivity index (χ1v) is 6.72. The van der Waals surface area contributed by atoms with Crippen LogP contribution >= 0.6 is 0 Å². The Balaban J connectivity index is 1.65. The Morgan fingerprint density at radius 2 is 2.05 bits per heavy atom. The van der Waals surface area contributed by atoms with E-state index < -0.39 is 0 Å². The van der Waals surface area contributed by atoms with Gasteiger partial charge in [-0.2, -0.15) is 0 Å². The third kappa shape index (κ3) is 4.24. The summed E-state index contributed by atoms with van der Waals surface area (Å²) >= 11 is 0. The molecule has 2 rings (SSSR count). The standard InChI is InChI=1S/C14H20N4O2/c1-11(15-2)13-17-18-14(20-13)16-9-6-10-19-12-7-4-3-5-8-12/h3-5,7-8,11,15H,6,9-10H2,1-2H3,(H,16,18). The van der Waals surface area contributed by atoms with Crippen LogP contribution in [-0.2, 0) is 0 Å². The highest BCUT2D eigenvalue weighted by molar-refractivity contribution is 5.21. The smallest absolute Gasteiger partial charge is 0.315 e. The molecular formula is C14H20N4O2. The van der Waals surface area contributed by atoms with Crippen LogP contribution in [0.5, 0.6) is 5.75 Å². The fourth-order valence-corrected chi connectivity index (χ4v) is 1.58. The summed E-state index contributed by atoms with van der Waals surface area (Å²) in [6.45, 7) is 3.33. The lowest BCUT2D eigenvalue weighted by Gasteiger charge is -2.06. The summed E-state index contributed by atoms with van der Waals surface area (Å²) in [6, 6.07) is 10.3. The Bertz CT molecular complexity index is 501. The quantitative estimate of drug-likeness (QED) is 0.720. The molecule has 6 nitrogen and oxygen atoms in total. The summed E-state index contributed by atoms with van der Waals surface area (Å²) in [5.74, 6) is 1.46. The summed E-state index contributed by atoms with van der Waals surface area (Å²) in [4.78, 5) is 0. The van der Waals surface area contributed by atoms with Gasteiger partial charge in [0.25, 0.3) is 0 Å². The Labute approximate surface area is 118 Å². The van der Waals surface area contributed by atoms with Gasteiger partial charge in [-0.05, 0) is 32.5 Å². The average molecular weight is 276 g/mol. The number of nitrogens with zero attached hydrogens (tertiary/aromatic N) is 2. The van der Waals surface area contributed by atoms with Crippen molar-refractivity contribution in [1.29, 1.82) is 0 Å². The van der Waals surface area contributed by atoms with Crippen LogP contribution in [0, 0.1) is 0 Å². The number of aromatic nitrogens is 2. The van der Waals surface area contributed by atoms with Crippen LogP contribution in [0.4, 0.5) is 6.01 Å². The molecule has 0 aliphatic heterocycles. The third-order valence-corrected chi connectivity index (χ3v) is 2.85. The van der Waals surface area contributed by atoms with Crippen molar-refractivity contribution in [2.24, 2.45) is 0 Å². The van der Waals surface area contributed by atoms with Crippen molar-refractivity contribution in [3.63, 3.8) is 0 Å². The lowest BCUT2D eigenvalue weighted by atomic mass is 10.3. The Morgan fingerprint density at radius 1 is 1.25 bits per heavy atom. The van der Waals surface area contributed by atoms with Crippen molar-refractivity contribution < 1.29 is 9.15 Å². The molecule has 0 aliphatic rings. The van der Waals surface area contributed by atoms with E-state index in [0.29, 0.717) is 18.5 Å². The fourth-order valence-electron chi connectivity index (χ4n) is 1.58.